The molecule has 8 atom stereocenters. The average Bonchev–Trinajstić information content (AvgIpc) is 3.13. The van der Waals surface area contributed by atoms with Gasteiger partial charge in [0.25, 0.3) is 0 Å². The normalized spacial score (nSPS) is 40.1. The molecule has 0 aromatic rings. The number of fused-ring (bicyclic) bond motifs is 5. The summed E-state index contributed by atoms with van der Waals surface area (Å²) < 4.78 is 5.24. The summed E-state index contributed by atoms with van der Waals surface area (Å²) >= 11 is 0. The molecule has 0 amide bonds. The second kappa shape index (κ2) is 8.95. The highest BCUT2D eigenvalue weighted by Gasteiger charge is 2.68. The highest BCUT2D eigenvalue weighted by Crippen LogP contribution is 2.68. The molecule has 0 heterocycles. The number of esters is 1. The van der Waals surface area contributed by atoms with E-state index in [1.807, 2.05) is 27.7 Å². The first kappa shape index (κ1) is 28.9. The van der Waals surface area contributed by atoms with E-state index < -0.39 is 51.2 Å². The third-order valence-corrected chi connectivity index (χ3v) is 10.9. The van der Waals surface area contributed by atoms with Crippen LogP contribution in [0.3, 0.4) is 0 Å². The summed E-state index contributed by atoms with van der Waals surface area (Å²) in [4.78, 5) is 51.7. The third kappa shape index (κ3) is 4.16. The molecule has 0 aromatic carbocycles. The van der Waals surface area contributed by atoms with Gasteiger partial charge in [-0.05, 0) is 75.4 Å². The molecule has 0 radical (unpaired) electrons. The van der Waals surface area contributed by atoms with Gasteiger partial charge in [-0.2, -0.15) is 0 Å². The molecule has 0 spiro atoms. The Morgan fingerprint density at radius 3 is 2.32 bits per heavy atom. The Kier molecular flexibility index (Phi) is 6.80. The Morgan fingerprint density at radius 2 is 1.71 bits per heavy atom. The van der Waals surface area contributed by atoms with Gasteiger partial charge < -0.3 is 14.9 Å². The van der Waals surface area contributed by atoms with E-state index in [1.165, 1.54) is 26.0 Å². The van der Waals surface area contributed by atoms with Crippen molar-refractivity contribution in [3.05, 3.63) is 23.8 Å². The van der Waals surface area contributed by atoms with Gasteiger partial charge in [-0.1, -0.05) is 39.3 Å². The lowest BCUT2D eigenvalue weighted by molar-refractivity contribution is -0.166. The van der Waals surface area contributed by atoms with Gasteiger partial charge in [-0.25, -0.2) is 0 Å². The van der Waals surface area contributed by atoms with Crippen LogP contribution >= 0.6 is 0 Å². The molecule has 0 aliphatic heterocycles. The summed E-state index contributed by atoms with van der Waals surface area (Å²) in [6.45, 7) is 14.0. The van der Waals surface area contributed by atoms with E-state index in [0.29, 0.717) is 12.8 Å². The Balaban J connectivity index is 1.65. The number of carbonyl (C=O) groups excluding carboxylic acids is 4. The van der Waals surface area contributed by atoms with Crippen LogP contribution in [0.15, 0.2) is 23.8 Å². The summed E-state index contributed by atoms with van der Waals surface area (Å²) in [5.41, 5.74) is -3.68. The van der Waals surface area contributed by atoms with E-state index in [9.17, 15) is 29.4 Å². The van der Waals surface area contributed by atoms with Crippen LogP contribution in [0.5, 0.6) is 0 Å². The molecule has 38 heavy (non-hydrogen) atoms. The van der Waals surface area contributed by atoms with Crippen LogP contribution in [-0.4, -0.2) is 50.8 Å². The zero-order valence-electron chi connectivity index (χ0n) is 24.1. The average molecular weight is 529 g/mol. The van der Waals surface area contributed by atoms with E-state index in [4.69, 9.17) is 4.74 Å². The number of Topliss-reactive ketones (excluding diaryl/α,β-unsaturated/α-hetero) is 2. The lowest BCUT2D eigenvalue weighted by atomic mass is 9.42. The Hall–Kier alpha value is -2.12. The smallest absolute Gasteiger partial charge is 0.303 e. The van der Waals surface area contributed by atoms with E-state index >= 15 is 0 Å². The highest BCUT2D eigenvalue weighted by atomic mass is 16.6. The van der Waals surface area contributed by atoms with Crippen LogP contribution in [0.1, 0.15) is 87.5 Å². The van der Waals surface area contributed by atoms with Crippen LogP contribution in [0.25, 0.3) is 0 Å². The van der Waals surface area contributed by atoms with Crippen molar-refractivity contribution in [1.82, 2.24) is 0 Å². The third-order valence-electron chi connectivity index (χ3n) is 10.9. The quantitative estimate of drug-likeness (QED) is 0.313. The topological polar surface area (TPSA) is 118 Å². The van der Waals surface area contributed by atoms with E-state index in [2.05, 4.69) is 6.08 Å². The molecule has 4 aliphatic rings. The first-order chi connectivity index (χ1) is 17.3. The fourth-order valence-electron chi connectivity index (χ4n) is 8.77. The molecule has 3 saturated carbocycles. The fraction of sp³-hybridized carbons (Fsp3) is 0.742. The molecule has 4 rings (SSSR count). The number of rotatable bonds is 5. The number of ether oxygens (including phenoxy) is 1. The molecule has 7 heteroatoms. The van der Waals surface area contributed by atoms with Crippen LogP contribution < -0.4 is 0 Å². The lowest BCUT2D eigenvalue weighted by Crippen LogP contribution is -2.62. The van der Waals surface area contributed by atoms with E-state index in [-0.39, 0.29) is 42.2 Å². The monoisotopic (exact) mass is 528 g/mol. The number of aliphatic hydroxyl groups excluding tert-OH is 1. The maximum Gasteiger partial charge on any atom is 0.303 e. The van der Waals surface area contributed by atoms with Crippen LogP contribution in [0.2, 0.25) is 0 Å². The van der Waals surface area contributed by atoms with Crippen molar-refractivity contribution >= 4 is 23.3 Å². The van der Waals surface area contributed by atoms with E-state index in [0.717, 1.165) is 12.0 Å². The van der Waals surface area contributed by atoms with Gasteiger partial charge >= 0.3 is 5.97 Å². The zero-order chi connectivity index (χ0) is 28.6. The van der Waals surface area contributed by atoms with Crippen molar-refractivity contribution in [2.24, 2.45) is 39.9 Å². The maximum atomic E-state index is 14.1. The summed E-state index contributed by atoms with van der Waals surface area (Å²) in [5.74, 6) is -1.61. The van der Waals surface area contributed by atoms with Crippen molar-refractivity contribution < 1.29 is 34.1 Å². The number of ketones is 3. The molecule has 3 fully saturated rings. The summed E-state index contributed by atoms with van der Waals surface area (Å²) in [5, 5.41) is 22.3. The summed E-state index contributed by atoms with van der Waals surface area (Å²) in [7, 11) is 0. The van der Waals surface area contributed by atoms with Gasteiger partial charge in [0.1, 0.15) is 23.1 Å². The zero-order valence-corrected chi connectivity index (χ0v) is 24.1. The van der Waals surface area contributed by atoms with Crippen LogP contribution in [0, 0.1) is 39.9 Å². The second-order valence-corrected chi connectivity index (χ2v) is 14.0. The number of allylic oxidation sites excluding steroid dienone is 1. The second-order valence-electron chi connectivity index (χ2n) is 14.0. The van der Waals surface area contributed by atoms with Crippen molar-refractivity contribution in [2.75, 3.05) is 0 Å². The Labute approximate surface area is 226 Å². The van der Waals surface area contributed by atoms with Gasteiger partial charge in [-0.15, -0.1) is 0 Å². The van der Waals surface area contributed by atoms with Crippen molar-refractivity contribution in [3.8, 4) is 0 Å². The molecular formula is C31H44O7. The maximum absolute atomic E-state index is 14.1. The molecule has 0 aromatic heterocycles. The minimum atomic E-state index is -1.69. The number of carbonyl (C=O) groups is 4. The largest absolute Gasteiger partial charge is 0.456 e. The van der Waals surface area contributed by atoms with Gasteiger partial charge in [0, 0.05) is 36.5 Å². The molecule has 4 aliphatic carbocycles. The number of hydrogen-bond donors (Lipinski definition) is 2. The predicted octanol–water partition coefficient (Wildman–Crippen LogP) is 4.14. The summed E-state index contributed by atoms with van der Waals surface area (Å²) in [6.07, 6.45) is 6.37. The van der Waals surface area contributed by atoms with Gasteiger partial charge in [0.05, 0.1) is 0 Å². The van der Waals surface area contributed by atoms with Gasteiger partial charge in [-0.3, -0.25) is 19.2 Å². The highest BCUT2D eigenvalue weighted by molar-refractivity contribution is 5.97. The SMILES string of the molecule is CC(=O)OC(C)(C)/C=C/C(=O)[C@](C)(O)C1CCC2C3CC=C4C(CC(=O)C(O)C4(C)C)C3(C)C(=O)CC21C. The Morgan fingerprint density at radius 1 is 1.08 bits per heavy atom. The molecule has 7 nitrogen and oxygen atoms in total. The van der Waals surface area contributed by atoms with Gasteiger partial charge in [0.2, 0.25) is 0 Å². The van der Waals surface area contributed by atoms with Gasteiger partial charge in [0.15, 0.2) is 11.6 Å². The predicted molar refractivity (Wildman–Crippen MR) is 142 cm³/mol. The lowest BCUT2D eigenvalue weighted by Gasteiger charge is -2.60. The minimum absolute atomic E-state index is 0.00399. The van der Waals surface area contributed by atoms with Crippen molar-refractivity contribution in [2.45, 2.75) is 105 Å². The van der Waals surface area contributed by atoms with Crippen LogP contribution in [0.4, 0.5) is 0 Å². The van der Waals surface area contributed by atoms with E-state index in [1.54, 1.807) is 13.8 Å². The van der Waals surface area contributed by atoms with Crippen molar-refractivity contribution in [3.63, 3.8) is 0 Å². The molecular weight excluding hydrogens is 484 g/mol. The molecule has 0 bridgehead atoms. The first-order valence-corrected chi connectivity index (χ1v) is 13.9. The molecule has 0 saturated heterocycles. The summed E-state index contributed by atoms with van der Waals surface area (Å²) in [6, 6.07) is 0. The standard InChI is InChI=1S/C31H44O7/c1-17(32)38-27(2,3)14-13-24(34)31(8,37)23-12-11-19-20-10-9-18-21(15-22(33)26(36)28(18,4)5)30(20,7)25(35)16-29(19,23)6/h9,13-14,19-21,23,26,36-37H,10-12,15-16H2,1-8H3/b14-13+/t19?,20?,21?,23?,26?,29?,30?,31-/m1/s1. The Bertz CT molecular complexity index is 1130. The first-order valence-electron chi connectivity index (χ1n) is 13.9. The minimum Gasteiger partial charge on any atom is -0.456 e. The van der Waals surface area contributed by atoms with Crippen molar-refractivity contribution in [1.29, 1.82) is 0 Å². The molecule has 7 unspecified atom stereocenters. The molecule has 2 N–H and O–H groups in total. The van der Waals surface area contributed by atoms with Crippen LogP contribution in [-0.2, 0) is 23.9 Å². The number of hydrogen-bond acceptors (Lipinski definition) is 7. The number of aliphatic hydroxyl groups is 2. The molecule has 210 valence electrons. The fourth-order valence-corrected chi connectivity index (χ4v) is 8.77.